The van der Waals surface area contributed by atoms with Gasteiger partial charge >= 0.3 is 0 Å². The zero-order chi connectivity index (χ0) is 15.6. The number of benzene rings is 1. The number of nitrogens with zero attached hydrogens (tertiary/aromatic N) is 3. The fraction of sp³-hybridized carbons (Fsp3) is 0. The van der Waals surface area contributed by atoms with E-state index < -0.39 is 0 Å². The van der Waals surface area contributed by atoms with Crippen LogP contribution in [0.5, 0.6) is 0 Å². The van der Waals surface area contributed by atoms with Gasteiger partial charge in [-0.05, 0) is 36.4 Å². The summed E-state index contributed by atoms with van der Waals surface area (Å²) >= 11 is 5.89. The number of H-pyrrole nitrogens is 1. The molecule has 6 heteroatoms. The molecule has 112 valence electrons. The number of fused-ring (bicyclic) bond motifs is 1. The van der Waals surface area contributed by atoms with Crippen molar-refractivity contribution in [3.63, 3.8) is 0 Å². The Kier molecular flexibility index (Phi) is 3.40. The molecule has 1 aromatic carbocycles. The summed E-state index contributed by atoms with van der Waals surface area (Å²) in [6, 6.07) is 11.2. The summed E-state index contributed by atoms with van der Waals surface area (Å²) in [7, 11) is 0. The molecule has 0 fully saturated rings. The minimum Gasteiger partial charge on any atom is -0.360 e. The first kappa shape index (κ1) is 13.7. The van der Waals surface area contributed by atoms with Crippen molar-refractivity contribution < 1.29 is 0 Å². The maximum absolute atomic E-state index is 5.89. The van der Waals surface area contributed by atoms with Gasteiger partial charge in [-0.25, -0.2) is 9.97 Å². The van der Waals surface area contributed by atoms with Gasteiger partial charge < -0.3 is 10.3 Å². The molecular weight excluding hydrogens is 310 g/mol. The molecule has 0 unspecified atom stereocenters. The Hall–Kier alpha value is -2.92. The lowest BCUT2D eigenvalue weighted by Gasteiger charge is -2.06. The number of hydrogen-bond acceptors (Lipinski definition) is 4. The number of anilines is 2. The Morgan fingerprint density at radius 3 is 2.74 bits per heavy atom. The number of aromatic amines is 1. The van der Waals surface area contributed by atoms with E-state index in [1.54, 1.807) is 12.4 Å². The van der Waals surface area contributed by atoms with Crippen LogP contribution >= 0.6 is 11.6 Å². The van der Waals surface area contributed by atoms with Gasteiger partial charge in [-0.2, -0.15) is 0 Å². The zero-order valence-corrected chi connectivity index (χ0v) is 12.7. The number of halogens is 1. The molecule has 3 aromatic heterocycles. The fourth-order valence-electron chi connectivity index (χ4n) is 2.41. The summed E-state index contributed by atoms with van der Waals surface area (Å²) in [5, 5.41) is 4.90. The van der Waals surface area contributed by atoms with Gasteiger partial charge in [0.2, 0.25) is 5.95 Å². The summed E-state index contributed by atoms with van der Waals surface area (Å²) < 4.78 is 0. The van der Waals surface area contributed by atoms with Crippen molar-refractivity contribution in [2.24, 2.45) is 0 Å². The number of hydrogen-bond donors (Lipinski definition) is 2. The smallest absolute Gasteiger partial charge is 0.227 e. The largest absolute Gasteiger partial charge is 0.360 e. The minimum atomic E-state index is 0.531. The van der Waals surface area contributed by atoms with E-state index in [9.17, 15) is 0 Å². The molecule has 4 aromatic rings. The predicted molar refractivity (Wildman–Crippen MR) is 91.9 cm³/mol. The lowest BCUT2D eigenvalue weighted by molar-refractivity contribution is 1.17. The van der Waals surface area contributed by atoms with Crippen LogP contribution < -0.4 is 5.32 Å². The Morgan fingerprint density at radius 2 is 1.87 bits per heavy atom. The van der Waals surface area contributed by atoms with E-state index in [0.29, 0.717) is 11.0 Å². The number of aromatic nitrogens is 4. The molecule has 0 atom stereocenters. The van der Waals surface area contributed by atoms with Gasteiger partial charge in [0, 0.05) is 52.0 Å². The van der Waals surface area contributed by atoms with Gasteiger partial charge in [0.15, 0.2) is 0 Å². The summed E-state index contributed by atoms with van der Waals surface area (Å²) in [6.07, 6.45) is 7.25. The highest BCUT2D eigenvalue weighted by molar-refractivity contribution is 6.30. The van der Waals surface area contributed by atoms with Crippen molar-refractivity contribution >= 4 is 34.1 Å². The van der Waals surface area contributed by atoms with Crippen LogP contribution in [0.2, 0.25) is 5.02 Å². The van der Waals surface area contributed by atoms with Crippen molar-refractivity contribution in [3.8, 4) is 11.3 Å². The third-order valence-electron chi connectivity index (χ3n) is 3.52. The van der Waals surface area contributed by atoms with Gasteiger partial charge in [0.05, 0.1) is 5.69 Å². The van der Waals surface area contributed by atoms with Crippen LogP contribution in [0.3, 0.4) is 0 Å². The van der Waals surface area contributed by atoms with E-state index in [1.165, 1.54) is 0 Å². The fourth-order valence-corrected chi connectivity index (χ4v) is 2.53. The molecular formula is C17H12ClN5. The highest BCUT2D eigenvalue weighted by Crippen LogP contribution is 2.27. The van der Waals surface area contributed by atoms with Crippen molar-refractivity contribution in [3.05, 3.63) is 66.2 Å². The third kappa shape index (κ3) is 2.74. The Labute approximate surface area is 137 Å². The number of rotatable bonds is 3. The molecule has 0 radical (unpaired) electrons. The van der Waals surface area contributed by atoms with Crippen LogP contribution in [-0.2, 0) is 0 Å². The molecule has 3 heterocycles. The highest BCUT2D eigenvalue weighted by atomic mass is 35.5. The first-order valence-electron chi connectivity index (χ1n) is 7.07. The highest BCUT2D eigenvalue weighted by Gasteiger charge is 2.08. The van der Waals surface area contributed by atoms with Crippen LogP contribution in [0.15, 0.2) is 61.2 Å². The van der Waals surface area contributed by atoms with Crippen molar-refractivity contribution in [2.45, 2.75) is 0 Å². The molecule has 0 saturated carbocycles. The third-order valence-corrected chi connectivity index (χ3v) is 3.77. The predicted octanol–water partition coefficient (Wildman–Crippen LogP) is 4.42. The van der Waals surface area contributed by atoms with E-state index >= 15 is 0 Å². The zero-order valence-electron chi connectivity index (χ0n) is 12.0. The van der Waals surface area contributed by atoms with E-state index in [1.807, 2.05) is 48.8 Å². The van der Waals surface area contributed by atoms with Crippen molar-refractivity contribution in [2.75, 3.05) is 5.32 Å². The Bertz CT molecular complexity index is 962. The normalized spacial score (nSPS) is 10.8. The topological polar surface area (TPSA) is 66.5 Å². The van der Waals surface area contributed by atoms with Gasteiger partial charge in [-0.3, -0.25) is 4.98 Å². The second-order valence-electron chi connectivity index (χ2n) is 5.02. The first-order chi connectivity index (χ1) is 11.3. The minimum absolute atomic E-state index is 0.531. The first-order valence-corrected chi connectivity index (χ1v) is 7.44. The summed E-state index contributed by atoms with van der Waals surface area (Å²) in [4.78, 5) is 16.3. The quantitative estimate of drug-likeness (QED) is 0.586. The number of pyridine rings is 1. The van der Waals surface area contributed by atoms with Crippen LogP contribution in [0, 0.1) is 0 Å². The Morgan fingerprint density at radius 1 is 1.00 bits per heavy atom. The molecule has 2 N–H and O–H groups in total. The summed E-state index contributed by atoms with van der Waals surface area (Å²) in [5.41, 5.74) is 3.73. The van der Waals surface area contributed by atoms with Gasteiger partial charge in [-0.1, -0.05) is 11.6 Å². The molecule has 0 saturated heterocycles. The molecule has 0 amide bonds. The van der Waals surface area contributed by atoms with Crippen molar-refractivity contribution in [1.29, 1.82) is 0 Å². The summed E-state index contributed by atoms with van der Waals surface area (Å²) in [5.74, 6) is 0.531. The number of nitrogens with one attached hydrogen (secondary N) is 2. The molecule has 0 bridgehead atoms. The van der Waals surface area contributed by atoms with E-state index in [4.69, 9.17) is 11.6 Å². The van der Waals surface area contributed by atoms with Crippen LogP contribution in [0.4, 0.5) is 11.6 Å². The Balaban J connectivity index is 1.70. The maximum Gasteiger partial charge on any atom is 0.227 e. The van der Waals surface area contributed by atoms with Gasteiger partial charge in [0.1, 0.15) is 0 Å². The SMILES string of the molecule is Clc1ccc(Nc2nccc(-c3c[nH]c4ccncc34)n2)cc1. The molecule has 0 aliphatic carbocycles. The molecule has 0 aliphatic heterocycles. The monoisotopic (exact) mass is 321 g/mol. The molecule has 5 nitrogen and oxygen atoms in total. The lowest BCUT2D eigenvalue weighted by atomic mass is 10.1. The maximum atomic E-state index is 5.89. The summed E-state index contributed by atoms with van der Waals surface area (Å²) in [6.45, 7) is 0. The second-order valence-corrected chi connectivity index (χ2v) is 5.46. The molecule has 23 heavy (non-hydrogen) atoms. The van der Waals surface area contributed by atoms with Gasteiger partial charge in [0.25, 0.3) is 0 Å². The van der Waals surface area contributed by atoms with E-state index in [-0.39, 0.29) is 0 Å². The molecule has 0 aliphatic rings. The van der Waals surface area contributed by atoms with Crippen LogP contribution in [0.25, 0.3) is 22.2 Å². The average Bonchev–Trinajstić information content (AvgIpc) is 3.01. The lowest BCUT2D eigenvalue weighted by Crippen LogP contribution is -1.97. The molecule has 0 spiro atoms. The van der Waals surface area contributed by atoms with Crippen LogP contribution in [-0.4, -0.2) is 19.9 Å². The van der Waals surface area contributed by atoms with Crippen molar-refractivity contribution in [1.82, 2.24) is 19.9 Å². The van der Waals surface area contributed by atoms with E-state index in [0.717, 1.165) is 27.8 Å². The van der Waals surface area contributed by atoms with Crippen LogP contribution in [0.1, 0.15) is 0 Å². The second kappa shape index (κ2) is 5.70. The molecule has 4 rings (SSSR count). The van der Waals surface area contributed by atoms with E-state index in [2.05, 4.69) is 25.3 Å². The standard InChI is InChI=1S/C17H12ClN5/c18-11-1-3-12(4-2-11)22-17-20-8-6-16(23-17)14-10-21-15-5-7-19-9-13(14)15/h1-10,21H,(H,20,22,23). The van der Waals surface area contributed by atoms with Gasteiger partial charge in [-0.15, -0.1) is 0 Å². The average molecular weight is 322 g/mol.